The van der Waals surface area contributed by atoms with Crippen LogP contribution in [0.15, 0.2) is 36.5 Å². The Bertz CT molecular complexity index is 1250. The first-order valence-electron chi connectivity index (χ1n) is 24.0. The third-order valence-corrected chi connectivity index (χ3v) is 11.7. The minimum atomic E-state index is -5.12. The minimum absolute atomic E-state index is 0.236. The molecule has 61 heavy (non-hydrogen) atoms. The first-order valence-corrected chi connectivity index (χ1v) is 25.3. The Morgan fingerprint density at radius 2 is 1.10 bits per heavy atom. The largest absolute Gasteiger partial charge is 0.397 e. The molecular formula is C47H87NO12S. The van der Waals surface area contributed by atoms with Gasteiger partial charge in [0, 0.05) is 0 Å². The standard InChI is InChI=1S/C47H87NO12S/c1-3-5-7-9-11-13-15-17-19-21-23-25-27-29-31-33-35-40(50)39(38-58-47-44(53)45(60-61(55,56)57)43(52)42(37-49)59-47)48-46(54)41(51)36-34-32-30-28-26-24-22-20-18-16-14-12-10-8-6-4-2/h17,19,25,27,33,35,39-45,47,49-53H,3-16,18,20-24,26,28-32,34,36-38H2,1-2H3,(H,48,54)(H,55,56,57)/b19-17+,27-25+,35-33+. The zero-order valence-electron chi connectivity index (χ0n) is 37.8. The topological polar surface area (TPSA) is 212 Å². The lowest BCUT2D eigenvalue weighted by Crippen LogP contribution is -2.61. The van der Waals surface area contributed by atoms with Gasteiger partial charge >= 0.3 is 10.4 Å². The summed E-state index contributed by atoms with van der Waals surface area (Å²) in [5.41, 5.74) is 0. The van der Waals surface area contributed by atoms with Gasteiger partial charge in [-0.1, -0.05) is 185 Å². The van der Waals surface area contributed by atoms with Crippen LogP contribution >= 0.6 is 0 Å². The molecule has 0 radical (unpaired) electrons. The predicted molar refractivity (Wildman–Crippen MR) is 242 cm³/mol. The lowest BCUT2D eigenvalue weighted by molar-refractivity contribution is -0.298. The van der Waals surface area contributed by atoms with E-state index in [9.17, 15) is 43.3 Å². The van der Waals surface area contributed by atoms with E-state index in [-0.39, 0.29) is 6.42 Å². The maximum absolute atomic E-state index is 13.1. The molecule has 0 spiro atoms. The molecule has 0 aromatic heterocycles. The van der Waals surface area contributed by atoms with Gasteiger partial charge in [-0.05, 0) is 44.9 Å². The van der Waals surface area contributed by atoms with E-state index in [0.29, 0.717) is 12.8 Å². The number of aliphatic hydroxyl groups excluding tert-OH is 5. The molecule has 8 unspecified atom stereocenters. The van der Waals surface area contributed by atoms with Crippen molar-refractivity contribution in [3.05, 3.63) is 36.5 Å². The van der Waals surface area contributed by atoms with E-state index >= 15 is 0 Å². The van der Waals surface area contributed by atoms with Gasteiger partial charge in [-0.2, -0.15) is 8.42 Å². The van der Waals surface area contributed by atoms with Crippen molar-refractivity contribution in [1.29, 1.82) is 0 Å². The molecule has 0 aliphatic carbocycles. The molecule has 0 aromatic carbocycles. The Morgan fingerprint density at radius 1 is 0.656 bits per heavy atom. The molecule has 8 atom stereocenters. The lowest BCUT2D eigenvalue weighted by Gasteiger charge is -2.41. The van der Waals surface area contributed by atoms with E-state index < -0.39 is 78.5 Å². The Hall–Kier alpha value is -1.72. The van der Waals surface area contributed by atoms with Crippen molar-refractivity contribution in [2.75, 3.05) is 13.2 Å². The van der Waals surface area contributed by atoms with E-state index in [1.807, 2.05) is 0 Å². The van der Waals surface area contributed by atoms with Crippen LogP contribution in [-0.2, 0) is 28.9 Å². The average Bonchev–Trinajstić information content (AvgIpc) is 3.23. The van der Waals surface area contributed by atoms with Crippen LogP contribution in [0, 0.1) is 0 Å². The number of hydrogen-bond acceptors (Lipinski definition) is 11. The summed E-state index contributed by atoms with van der Waals surface area (Å²) in [4.78, 5) is 13.1. The predicted octanol–water partition coefficient (Wildman–Crippen LogP) is 8.47. The van der Waals surface area contributed by atoms with Crippen molar-refractivity contribution >= 4 is 16.3 Å². The van der Waals surface area contributed by atoms with E-state index in [1.165, 1.54) is 122 Å². The van der Waals surface area contributed by atoms with Crippen molar-refractivity contribution in [1.82, 2.24) is 5.32 Å². The van der Waals surface area contributed by atoms with Gasteiger partial charge < -0.3 is 40.3 Å². The average molecular weight is 890 g/mol. The van der Waals surface area contributed by atoms with Crippen LogP contribution in [0.2, 0.25) is 0 Å². The maximum atomic E-state index is 13.1. The van der Waals surface area contributed by atoms with Gasteiger partial charge in [0.15, 0.2) is 6.29 Å². The number of nitrogens with one attached hydrogen (secondary N) is 1. The Balaban J connectivity index is 2.60. The molecule has 1 rings (SSSR count). The van der Waals surface area contributed by atoms with E-state index in [0.717, 1.165) is 44.9 Å². The normalized spacial score (nSPS) is 21.5. The number of hydrogen-bond donors (Lipinski definition) is 7. The Morgan fingerprint density at radius 3 is 1.57 bits per heavy atom. The second kappa shape index (κ2) is 37.6. The van der Waals surface area contributed by atoms with Crippen LogP contribution in [0.4, 0.5) is 0 Å². The molecule has 13 nitrogen and oxygen atoms in total. The molecule has 1 aliphatic heterocycles. The quantitative estimate of drug-likeness (QED) is 0.0175. The highest BCUT2D eigenvalue weighted by atomic mass is 32.3. The number of carbonyl (C=O) groups excluding carboxylic acids is 1. The highest BCUT2D eigenvalue weighted by Gasteiger charge is 2.48. The second-order valence-electron chi connectivity index (χ2n) is 16.8. The van der Waals surface area contributed by atoms with Crippen molar-refractivity contribution in [3.8, 4) is 0 Å². The summed E-state index contributed by atoms with van der Waals surface area (Å²) in [5, 5.41) is 55.2. The Labute approximate surface area is 369 Å². The van der Waals surface area contributed by atoms with E-state index in [4.69, 9.17) is 9.47 Å². The van der Waals surface area contributed by atoms with Gasteiger partial charge in [0.2, 0.25) is 5.91 Å². The van der Waals surface area contributed by atoms with Crippen molar-refractivity contribution in [3.63, 3.8) is 0 Å². The van der Waals surface area contributed by atoms with Crippen LogP contribution < -0.4 is 5.32 Å². The molecule has 0 saturated carbocycles. The molecule has 14 heteroatoms. The molecule has 0 aromatic rings. The summed E-state index contributed by atoms with van der Waals surface area (Å²) in [6, 6.07) is -1.14. The minimum Gasteiger partial charge on any atom is -0.394 e. The summed E-state index contributed by atoms with van der Waals surface area (Å²) >= 11 is 0. The second-order valence-corrected chi connectivity index (χ2v) is 17.9. The fourth-order valence-corrected chi connectivity index (χ4v) is 7.94. The first-order chi connectivity index (χ1) is 29.4. The van der Waals surface area contributed by atoms with Crippen LogP contribution in [0.3, 0.4) is 0 Å². The number of unbranched alkanes of at least 4 members (excludes halogenated alkanes) is 23. The molecule has 1 fully saturated rings. The molecule has 0 bridgehead atoms. The van der Waals surface area contributed by atoms with Crippen molar-refractivity contribution < 1.29 is 57.0 Å². The first kappa shape index (κ1) is 57.3. The zero-order valence-corrected chi connectivity index (χ0v) is 38.7. The molecule has 358 valence electrons. The summed E-state index contributed by atoms with van der Waals surface area (Å²) in [6.07, 6.45) is 32.2. The Kier molecular flexibility index (Phi) is 35.4. The molecule has 7 N–H and O–H groups in total. The van der Waals surface area contributed by atoms with E-state index in [1.54, 1.807) is 6.08 Å². The van der Waals surface area contributed by atoms with Crippen molar-refractivity contribution in [2.24, 2.45) is 0 Å². The summed E-state index contributed by atoms with van der Waals surface area (Å²) in [6.45, 7) is 3.19. The van der Waals surface area contributed by atoms with Gasteiger partial charge in [-0.15, -0.1) is 0 Å². The number of aliphatic hydroxyl groups is 5. The highest BCUT2D eigenvalue weighted by molar-refractivity contribution is 7.80. The monoisotopic (exact) mass is 890 g/mol. The summed E-state index contributed by atoms with van der Waals surface area (Å²) in [5.74, 6) is -0.715. The van der Waals surface area contributed by atoms with Gasteiger partial charge in [0.1, 0.15) is 30.5 Å². The number of rotatable bonds is 40. The molecule has 1 heterocycles. The summed E-state index contributed by atoms with van der Waals surface area (Å²) < 4.78 is 47.5. The highest BCUT2D eigenvalue weighted by Crippen LogP contribution is 2.26. The molecule has 1 aliphatic rings. The molecular weight excluding hydrogens is 803 g/mol. The fourth-order valence-electron chi connectivity index (χ4n) is 7.43. The van der Waals surface area contributed by atoms with Gasteiger partial charge in [0.05, 0.1) is 25.4 Å². The third kappa shape index (κ3) is 30.1. The maximum Gasteiger partial charge on any atom is 0.397 e. The zero-order chi connectivity index (χ0) is 45.0. The smallest absolute Gasteiger partial charge is 0.394 e. The van der Waals surface area contributed by atoms with Crippen LogP contribution in [0.25, 0.3) is 0 Å². The SMILES string of the molecule is CCCCCCCC/C=C/CC/C=C/CC/C=C/C(O)C(COC1OC(CO)C(O)C(OS(=O)(=O)O)C1O)NC(=O)C(O)CCCCCCCCCCCCCCCCCC. The van der Waals surface area contributed by atoms with Gasteiger partial charge in [-0.3, -0.25) is 9.35 Å². The molecule has 1 amide bonds. The van der Waals surface area contributed by atoms with Crippen LogP contribution in [-0.4, -0.2) is 107 Å². The fraction of sp³-hybridized carbons (Fsp3) is 0.851. The number of allylic oxidation sites excluding steroid dienone is 5. The number of carbonyl (C=O) groups is 1. The van der Waals surface area contributed by atoms with E-state index in [2.05, 4.69) is 47.7 Å². The number of ether oxygens (including phenoxy) is 2. The summed E-state index contributed by atoms with van der Waals surface area (Å²) in [7, 11) is -5.12. The molecule has 1 saturated heterocycles. The number of amides is 1. The van der Waals surface area contributed by atoms with Crippen LogP contribution in [0.5, 0.6) is 0 Å². The lowest BCUT2D eigenvalue weighted by atomic mass is 9.99. The van der Waals surface area contributed by atoms with Gasteiger partial charge in [-0.25, -0.2) is 4.18 Å². The van der Waals surface area contributed by atoms with Gasteiger partial charge in [0.25, 0.3) is 0 Å². The van der Waals surface area contributed by atoms with Crippen molar-refractivity contribution in [2.45, 2.75) is 243 Å². The third-order valence-electron chi connectivity index (χ3n) is 11.3. The van der Waals surface area contributed by atoms with Crippen LogP contribution in [0.1, 0.15) is 194 Å².